The molecule has 0 aliphatic rings. The molecule has 4 heteroatoms. The van der Waals surface area contributed by atoms with Gasteiger partial charge in [0.25, 0.3) is 0 Å². The van der Waals surface area contributed by atoms with Gasteiger partial charge in [0.15, 0.2) is 0 Å². The molecule has 23 heavy (non-hydrogen) atoms. The molecule has 0 atom stereocenters. The molecule has 0 radical (unpaired) electrons. The number of rotatable bonds is 6. The molecule has 0 unspecified atom stereocenters. The van der Waals surface area contributed by atoms with Crippen LogP contribution < -0.4 is 5.32 Å². The number of nitrogens with one attached hydrogen (secondary N) is 1. The monoisotopic (exact) mass is 324 g/mol. The lowest BCUT2D eigenvalue weighted by Gasteiger charge is -2.05. The van der Waals surface area contributed by atoms with Crippen molar-refractivity contribution in [3.05, 3.63) is 59.1 Å². The Morgan fingerprint density at radius 3 is 2.65 bits per heavy atom. The zero-order valence-electron chi connectivity index (χ0n) is 13.2. The number of anilines is 1. The Morgan fingerprint density at radius 2 is 1.91 bits per heavy atom. The van der Waals surface area contributed by atoms with Crippen LogP contribution in [0.1, 0.15) is 30.3 Å². The van der Waals surface area contributed by atoms with Crippen molar-refractivity contribution in [2.75, 3.05) is 5.32 Å². The molecule has 1 N–H and O–H groups in total. The molecule has 3 aromatic rings. The van der Waals surface area contributed by atoms with Crippen molar-refractivity contribution in [2.24, 2.45) is 0 Å². The number of aromatic nitrogens is 1. The van der Waals surface area contributed by atoms with E-state index >= 15 is 0 Å². The summed E-state index contributed by atoms with van der Waals surface area (Å²) >= 11 is 1.71. The van der Waals surface area contributed by atoms with Crippen LogP contribution in [0.3, 0.4) is 0 Å². The summed E-state index contributed by atoms with van der Waals surface area (Å²) in [6.07, 6.45) is 3.20. The molecular weight excluding hydrogens is 304 g/mol. The van der Waals surface area contributed by atoms with E-state index in [4.69, 9.17) is 0 Å². The molecule has 0 spiro atoms. The number of amides is 1. The third-order valence-electron chi connectivity index (χ3n) is 3.78. The predicted molar refractivity (Wildman–Crippen MR) is 97.0 cm³/mol. The zero-order valence-corrected chi connectivity index (χ0v) is 14.0. The summed E-state index contributed by atoms with van der Waals surface area (Å²) in [6, 6.07) is 16.2. The van der Waals surface area contributed by atoms with Gasteiger partial charge in [-0.3, -0.25) is 4.79 Å². The highest BCUT2D eigenvalue weighted by molar-refractivity contribution is 7.18. The maximum atomic E-state index is 12.0. The van der Waals surface area contributed by atoms with Crippen LogP contribution in [0, 0.1) is 0 Å². The summed E-state index contributed by atoms with van der Waals surface area (Å²) in [5.74, 6) is 0.0651. The quantitative estimate of drug-likeness (QED) is 0.706. The van der Waals surface area contributed by atoms with Gasteiger partial charge < -0.3 is 5.32 Å². The first kappa shape index (κ1) is 15.7. The second kappa shape index (κ2) is 7.38. The molecule has 2 aromatic carbocycles. The average molecular weight is 324 g/mol. The highest BCUT2D eigenvalue weighted by atomic mass is 32.1. The molecule has 0 aliphatic carbocycles. The van der Waals surface area contributed by atoms with Gasteiger partial charge in [-0.25, -0.2) is 4.98 Å². The predicted octanol–water partition coefficient (Wildman–Crippen LogP) is 4.82. The number of hydrogen-bond donors (Lipinski definition) is 1. The number of benzene rings is 2. The van der Waals surface area contributed by atoms with Gasteiger partial charge in [-0.15, -0.1) is 11.3 Å². The normalized spacial score (nSPS) is 10.8. The van der Waals surface area contributed by atoms with Crippen molar-refractivity contribution in [2.45, 2.75) is 32.6 Å². The van der Waals surface area contributed by atoms with E-state index in [2.05, 4.69) is 35.4 Å². The van der Waals surface area contributed by atoms with Crippen LogP contribution in [0.15, 0.2) is 48.5 Å². The van der Waals surface area contributed by atoms with Crippen LogP contribution in [0.2, 0.25) is 0 Å². The fourth-order valence-electron chi connectivity index (χ4n) is 2.47. The Morgan fingerprint density at radius 1 is 1.13 bits per heavy atom. The van der Waals surface area contributed by atoms with Gasteiger partial charge >= 0.3 is 0 Å². The van der Waals surface area contributed by atoms with Crippen LogP contribution in [-0.4, -0.2) is 10.9 Å². The van der Waals surface area contributed by atoms with Gasteiger partial charge in [0, 0.05) is 12.1 Å². The summed E-state index contributed by atoms with van der Waals surface area (Å²) in [4.78, 5) is 16.6. The summed E-state index contributed by atoms with van der Waals surface area (Å²) in [5.41, 5.74) is 3.19. The summed E-state index contributed by atoms with van der Waals surface area (Å²) < 4.78 is 1.21. The first-order valence-electron chi connectivity index (χ1n) is 7.98. The SMILES string of the molecule is CCc1ccc(NC(=O)CCCc2nc3ccccc3s2)cc1. The van der Waals surface area contributed by atoms with Crippen LogP contribution in [0.4, 0.5) is 5.69 Å². The molecule has 0 fully saturated rings. The van der Waals surface area contributed by atoms with Crippen LogP contribution in [-0.2, 0) is 17.6 Å². The van der Waals surface area contributed by atoms with E-state index in [1.165, 1.54) is 10.3 Å². The standard InChI is InChI=1S/C19H20N2OS/c1-2-14-10-12-15(13-11-14)20-18(22)8-5-9-19-21-16-6-3-4-7-17(16)23-19/h3-4,6-7,10-13H,2,5,8-9H2,1H3,(H,20,22). The Labute approximate surface area is 140 Å². The topological polar surface area (TPSA) is 42.0 Å². The highest BCUT2D eigenvalue weighted by Gasteiger charge is 2.06. The number of para-hydroxylation sites is 1. The van der Waals surface area contributed by atoms with Gasteiger partial charge in [-0.1, -0.05) is 31.2 Å². The van der Waals surface area contributed by atoms with E-state index in [0.717, 1.165) is 35.5 Å². The molecule has 0 saturated carbocycles. The molecule has 1 amide bonds. The second-order valence-corrected chi connectivity index (χ2v) is 6.64. The Hall–Kier alpha value is -2.20. The van der Waals surface area contributed by atoms with E-state index in [9.17, 15) is 4.79 Å². The Balaban J connectivity index is 1.48. The molecule has 0 aliphatic heterocycles. The van der Waals surface area contributed by atoms with Gasteiger partial charge in [-0.05, 0) is 49.1 Å². The molecule has 118 valence electrons. The van der Waals surface area contributed by atoms with E-state index < -0.39 is 0 Å². The lowest BCUT2D eigenvalue weighted by Crippen LogP contribution is -2.11. The lowest BCUT2D eigenvalue weighted by molar-refractivity contribution is -0.116. The zero-order chi connectivity index (χ0) is 16.1. The van der Waals surface area contributed by atoms with Crippen molar-refractivity contribution < 1.29 is 4.79 Å². The van der Waals surface area contributed by atoms with Crippen molar-refractivity contribution in [1.29, 1.82) is 0 Å². The second-order valence-electron chi connectivity index (χ2n) is 5.53. The minimum absolute atomic E-state index is 0.0651. The molecule has 0 bridgehead atoms. The fraction of sp³-hybridized carbons (Fsp3) is 0.263. The minimum Gasteiger partial charge on any atom is -0.326 e. The number of nitrogens with zero attached hydrogens (tertiary/aromatic N) is 1. The fourth-order valence-corrected chi connectivity index (χ4v) is 3.48. The number of thiazole rings is 1. The first-order valence-corrected chi connectivity index (χ1v) is 8.79. The smallest absolute Gasteiger partial charge is 0.224 e. The first-order chi connectivity index (χ1) is 11.2. The third-order valence-corrected chi connectivity index (χ3v) is 4.87. The van der Waals surface area contributed by atoms with E-state index in [-0.39, 0.29) is 5.91 Å². The Bertz CT molecular complexity index is 759. The van der Waals surface area contributed by atoms with E-state index in [1.54, 1.807) is 11.3 Å². The molecule has 1 aromatic heterocycles. The summed E-state index contributed by atoms with van der Waals surface area (Å²) in [5, 5.41) is 4.05. The number of aryl methyl sites for hydroxylation is 2. The molecular formula is C19H20N2OS. The molecule has 3 nitrogen and oxygen atoms in total. The van der Waals surface area contributed by atoms with Crippen LogP contribution in [0.25, 0.3) is 10.2 Å². The van der Waals surface area contributed by atoms with Gasteiger partial charge in [-0.2, -0.15) is 0 Å². The minimum atomic E-state index is 0.0651. The summed E-state index contributed by atoms with van der Waals surface area (Å²) in [6.45, 7) is 2.12. The number of fused-ring (bicyclic) bond motifs is 1. The van der Waals surface area contributed by atoms with Crippen molar-refractivity contribution in [1.82, 2.24) is 4.98 Å². The molecule has 0 saturated heterocycles. The largest absolute Gasteiger partial charge is 0.326 e. The number of carbonyl (C=O) groups excluding carboxylic acids is 1. The van der Waals surface area contributed by atoms with Gasteiger partial charge in [0.2, 0.25) is 5.91 Å². The van der Waals surface area contributed by atoms with Crippen molar-refractivity contribution >= 4 is 33.1 Å². The van der Waals surface area contributed by atoms with Gasteiger partial charge in [0.05, 0.1) is 15.2 Å². The van der Waals surface area contributed by atoms with Gasteiger partial charge in [0.1, 0.15) is 0 Å². The van der Waals surface area contributed by atoms with Crippen molar-refractivity contribution in [3.8, 4) is 0 Å². The molecule has 3 rings (SSSR count). The van der Waals surface area contributed by atoms with Crippen LogP contribution >= 0.6 is 11.3 Å². The number of hydrogen-bond acceptors (Lipinski definition) is 3. The van der Waals surface area contributed by atoms with E-state index in [0.29, 0.717) is 6.42 Å². The van der Waals surface area contributed by atoms with Crippen LogP contribution in [0.5, 0.6) is 0 Å². The average Bonchev–Trinajstić information content (AvgIpc) is 2.98. The van der Waals surface area contributed by atoms with Crippen molar-refractivity contribution in [3.63, 3.8) is 0 Å². The highest BCUT2D eigenvalue weighted by Crippen LogP contribution is 2.22. The Kier molecular flexibility index (Phi) is 5.03. The van der Waals surface area contributed by atoms with E-state index in [1.807, 2.05) is 30.3 Å². The third kappa shape index (κ3) is 4.17. The lowest BCUT2D eigenvalue weighted by atomic mass is 10.1. The maximum Gasteiger partial charge on any atom is 0.224 e. The maximum absolute atomic E-state index is 12.0. The molecule has 1 heterocycles. The summed E-state index contributed by atoms with van der Waals surface area (Å²) in [7, 11) is 0. The number of carbonyl (C=O) groups is 1.